The van der Waals surface area contributed by atoms with Crippen molar-refractivity contribution in [2.24, 2.45) is 5.41 Å². The molecule has 1 radical (unpaired) electrons. The van der Waals surface area contributed by atoms with Crippen LogP contribution in [0.5, 0.6) is 0 Å². The third kappa shape index (κ3) is 2.62. The fourth-order valence-corrected chi connectivity index (χ4v) is 4.18. The molecule has 0 bridgehead atoms. The first-order chi connectivity index (χ1) is 8.15. The maximum Gasteiger partial charge on any atom is 0.206 e. The molecule has 103 valence electrons. The third-order valence-electron chi connectivity index (χ3n) is 3.88. The van der Waals surface area contributed by atoms with Gasteiger partial charge in [-0.2, -0.15) is 0 Å². The van der Waals surface area contributed by atoms with Crippen LogP contribution in [0, 0.1) is 5.41 Å². The van der Waals surface area contributed by atoms with Gasteiger partial charge in [0.15, 0.2) is 0 Å². The molecule has 0 aromatic heterocycles. The highest BCUT2D eigenvalue weighted by molar-refractivity contribution is 6.48. The predicted molar refractivity (Wildman–Crippen MR) is 77.8 cm³/mol. The quantitative estimate of drug-likeness (QED) is 0.674. The van der Waals surface area contributed by atoms with Crippen LogP contribution in [0.2, 0.25) is 13.1 Å². The highest BCUT2D eigenvalue weighted by atomic mass is 28.3. The summed E-state index contributed by atoms with van der Waals surface area (Å²) in [5.41, 5.74) is 3.06. The van der Waals surface area contributed by atoms with Gasteiger partial charge in [-0.1, -0.05) is 27.4 Å². The van der Waals surface area contributed by atoms with Crippen LogP contribution in [-0.2, 0) is 4.43 Å². The zero-order valence-corrected chi connectivity index (χ0v) is 13.6. The van der Waals surface area contributed by atoms with Gasteiger partial charge in [-0.3, -0.25) is 4.39 Å². The van der Waals surface area contributed by atoms with Crippen LogP contribution in [0.25, 0.3) is 0 Å². The molecule has 0 aromatic carbocycles. The first kappa shape index (κ1) is 15.6. The van der Waals surface area contributed by atoms with Gasteiger partial charge in [0, 0.05) is 12.8 Å². The van der Waals surface area contributed by atoms with Crippen molar-refractivity contribution in [1.82, 2.24) is 0 Å². The molecule has 0 amide bonds. The molecule has 0 spiro atoms. The van der Waals surface area contributed by atoms with Crippen LogP contribution >= 0.6 is 0 Å². The molecular weight excluding hydrogens is 243 g/mol. The average Bonchev–Trinajstić information content (AvgIpc) is 2.42. The number of hydrogen-bond acceptors (Lipinski definition) is 1. The van der Waals surface area contributed by atoms with E-state index in [2.05, 4.69) is 47.4 Å². The summed E-state index contributed by atoms with van der Waals surface area (Å²) < 4.78 is 19.1. The standard InChI is InChI=1S/C15H26FOSi/c1-11-10-15(14(3,4)5,17-18(6)7)12(2)13(11)8-9-16/h1,8-10H2,2-7H3. The van der Waals surface area contributed by atoms with E-state index in [9.17, 15) is 4.39 Å². The molecule has 0 saturated carbocycles. The Hall–Kier alpha value is -0.413. The van der Waals surface area contributed by atoms with E-state index in [0.29, 0.717) is 6.42 Å². The fourth-order valence-electron chi connectivity index (χ4n) is 2.95. The fraction of sp³-hybridized carbons (Fsp3) is 0.733. The molecule has 0 aliphatic heterocycles. The molecule has 1 atom stereocenters. The van der Waals surface area contributed by atoms with Crippen molar-refractivity contribution in [2.45, 2.75) is 59.2 Å². The highest BCUT2D eigenvalue weighted by Crippen LogP contribution is 2.52. The van der Waals surface area contributed by atoms with Gasteiger partial charge in [-0.15, -0.1) is 0 Å². The van der Waals surface area contributed by atoms with Gasteiger partial charge < -0.3 is 4.43 Å². The predicted octanol–water partition coefficient (Wildman–Crippen LogP) is 4.68. The number of halogens is 1. The van der Waals surface area contributed by atoms with Gasteiger partial charge in [0.05, 0.1) is 12.3 Å². The second-order valence-electron chi connectivity index (χ2n) is 6.41. The zero-order valence-electron chi connectivity index (χ0n) is 12.6. The molecule has 1 rings (SSSR count). The van der Waals surface area contributed by atoms with Gasteiger partial charge in [-0.25, -0.2) is 0 Å². The Morgan fingerprint density at radius 1 is 1.39 bits per heavy atom. The lowest BCUT2D eigenvalue weighted by Crippen LogP contribution is -2.47. The molecule has 0 fully saturated rings. The second-order valence-corrected chi connectivity index (χ2v) is 8.43. The van der Waals surface area contributed by atoms with E-state index in [-0.39, 0.29) is 17.7 Å². The Morgan fingerprint density at radius 3 is 2.33 bits per heavy atom. The van der Waals surface area contributed by atoms with Crippen LogP contribution in [0.1, 0.15) is 40.5 Å². The van der Waals surface area contributed by atoms with Gasteiger partial charge in [-0.05, 0) is 42.2 Å². The maximum atomic E-state index is 12.7. The van der Waals surface area contributed by atoms with E-state index >= 15 is 0 Å². The Balaban J connectivity index is 3.26. The monoisotopic (exact) mass is 269 g/mol. The van der Waals surface area contributed by atoms with Gasteiger partial charge in [0.2, 0.25) is 9.04 Å². The topological polar surface area (TPSA) is 9.23 Å². The lowest BCUT2D eigenvalue weighted by atomic mass is 9.72. The van der Waals surface area contributed by atoms with Crippen molar-refractivity contribution in [3.63, 3.8) is 0 Å². The van der Waals surface area contributed by atoms with Crippen molar-refractivity contribution in [3.8, 4) is 0 Å². The van der Waals surface area contributed by atoms with Crippen LogP contribution in [-0.4, -0.2) is 21.3 Å². The van der Waals surface area contributed by atoms with E-state index in [4.69, 9.17) is 4.43 Å². The number of alkyl halides is 1. The van der Waals surface area contributed by atoms with Crippen molar-refractivity contribution in [2.75, 3.05) is 6.67 Å². The van der Waals surface area contributed by atoms with Crippen molar-refractivity contribution >= 4 is 9.04 Å². The van der Waals surface area contributed by atoms with E-state index in [1.807, 2.05) is 0 Å². The van der Waals surface area contributed by atoms with E-state index in [0.717, 1.165) is 17.6 Å². The first-order valence-corrected chi connectivity index (χ1v) is 9.00. The largest absolute Gasteiger partial charge is 0.407 e. The third-order valence-corrected chi connectivity index (χ3v) is 4.64. The minimum atomic E-state index is -0.820. The molecule has 1 unspecified atom stereocenters. The summed E-state index contributed by atoms with van der Waals surface area (Å²) in [5, 5.41) is 0. The molecule has 1 aliphatic rings. The summed E-state index contributed by atoms with van der Waals surface area (Å²) in [5.74, 6) is 0. The summed E-state index contributed by atoms with van der Waals surface area (Å²) in [6.07, 6.45) is 1.29. The molecule has 0 N–H and O–H groups in total. The molecule has 18 heavy (non-hydrogen) atoms. The molecule has 1 aliphatic carbocycles. The number of allylic oxidation sites excluding steroid dienone is 1. The van der Waals surface area contributed by atoms with E-state index in [1.165, 1.54) is 5.57 Å². The summed E-state index contributed by atoms with van der Waals surface area (Å²) in [6.45, 7) is 16.8. The smallest absolute Gasteiger partial charge is 0.206 e. The Labute approximate surface area is 113 Å². The van der Waals surface area contributed by atoms with Crippen LogP contribution < -0.4 is 0 Å². The number of hydrogen-bond donors (Lipinski definition) is 0. The second kappa shape index (κ2) is 5.30. The average molecular weight is 269 g/mol. The minimum Gasteiger partial charge on any atom is -0.407 e. The minimum absolute atomic E-state index is 0.0000227. The lowest BCUT2D eigenvalue weighted by molar-refractivity contribution is 0.00492. The van der Waals surface area contributed by atoms with Crippen molar-refractivity contribution < 1.29 is 8.82 Å². The van der Waals surface area contributed by atoms with E-state index in [1.54, 1.807) is 0 Å². The molecule has 0 saturated heterocycles. The van der Waals surface area contributed by atoms with Crippen molar-refractivity contribution in [3.05, 3.63) is 23.3 Å². The molecule has 1 nitrogen and oxygen atoms in total. The highest BCUT2D eigenvalue weighted by Gasteiger charge is 2.49. The summed E-state index contributed by atoms with van der Waals surface area (Å²) >= 11 is 0. The molecule has 0 heterocycles. The Morgan fingerprint density at radius 2 is 1.94 bits per heavy atom. The van der Waals surface area contributed by atoms with Crippen LogP contribution in [0.15, 0.2) is 23.3 Å². The van der Waals surface area contributed by atoms with Gasteiger partial charge >= 0.3 is 0 Å². The van der Waals surface area contributed by atoms with Gasteiger partial charge in [0.25, 0.3) is 0 Å². The van der Waals surface area contributed by atoms with E-state index < -0.39 is 9.04 Å². The maximum absolute atomic E-state index is 12.7. The van der Waals surface area contributed by atoms with Crippen LogP contribution in [0.4, 0.5) is 4.39 Å². The first-order valence-electron chi connectivity index (χ1n) is 6.59. The summed E-state index contributed by atoms with van der Waals surface area (Å²) in [6, 6.07) is 0. The SMILES string of the molecule is C=C1CC(O[Si](C)C)(C(C)(C)C)C(C)=C1CCF. The summed E-state index contributed by atoms with van der Waals surface area (Å²) in [4.78, 5) is 0. The molecule has 3 heteroatoms. The molecular formula is C15H26FOSi. The zero-order chi connectivity index (χ0) is 14.1. The molecule has 0 aromatic rings. The Kier molecular flexibility index (Phi) is 4.60. The number of rotatable bonds is 4. The normalized spacial score (nSPS) is 25.4. The van der Waals surface area contributed by atoms with Crippen molar-refractivity contribution in [1.29, 1.82) is 0 Å². The summed E-state index contributed by atoms with van der Waals surface area (Å²) in [7, 11) is -0.820. The Bertz CT molecular complexity index is 365. The van der Waals surface area contributed by atoms with Gasteiger partial charge in [0.1, 0.15) is 0 Å². The van der Waals surface area contributed by atoms with Crippen LogP contribution in [0.3, 0.4) is 0 Å². The lowest BCUT2D eigenvalue weighted by Gasteiger charge is -2.45.